The molecule has 0 aliphatic heterocycles. The number of hydrogen-bond acceptors (Lipinski definition) is 4. The molecule has 2 rings (SSSR count). The van der Waals surface area contributed by atoms with Gasteiger partial charge in [-0.3, -0.25) is 4.57 Å². The van der Waals surface area contributed by atoms with E-state index in [2.05, 4.69) is 0 Å². The average molecular weight is 362 g/mol. The van der Waals surface area contributed by atoms with E-state index in [0.29, 0.717) is 26.2 Å². The second-order valence-corrected chi connectivity index (χ2v) is 8.33. The Hall–Kier alpha value is -1.61. The van der Waals surface area contributed by atoms with Crippen LogP contribution in [0, 0.1) is 0 Å². The van der Waals surface area contributed by atoms with Crippen molar-refractivity contribution in [1.29, 1.82) is 0 Å². The Morgan fingerprint density at radius 2 is 1.56 bits per heavy atom. The van der Waals surface area contributed by atoms with E-state index >= 15 is 0 Å². The highest BCUT2D eigenvalue weighted by molar-refractivity contribution is 7.54. The van der Waals surface area contributed by atoms with Crippen LogP contribution < -0.4 is 4.74 Å². The van der Waals surface area contributed by atoms with E-state index < -0.39 is 7.60 Å². The molecule has 0 aromatic heterocycles. The molecule has 0 fully saturated rings. The lowest BCUT2D eigenvalue weighted by atomic mass is 10.1. The Morgan fingerprint density at radius 1 is 0.920 bits per heavy atom. The third-order valence-corrected chi connectivity index (χ3v) is 6.33. The van der Waals surface area contributed by atoms with Crippen LogP contribution in [-0.2, 0) is 26.6 Å². The van der Waals surface area contributed by atoms with Gasteiger partial charge in [-0.1, -0.05) is 49.4 Å². The van der Waals surface area contributed by atoms with E-state index in [4.69, 9.17) is 13.8 Å². The Balaban J connectivity index is 2.01. The molecule has 0 bridgehead atoms. The van der Waals surface area contributed by atoms with E-state index in [9.17, 15) is 4.57 Å². The van der Waals surface area contributed by atoms with Gasteiger partial charge in [-0.15, -0.1) is 0 Å². The third-order valence-electron chi connectivity index (χ3n) is 3.84. The molecule has 0 heterocycles. The molecule has 1 atom stereocenters. The van der Waals surface area contributed by atoms with Crippen LogP contribution in [0.3, 0.4) is 0 Å². The Labute approximate surface area is 150 Å². The van der Waals surface area contributed by atoms with Crippen molar-refractivity contribution in [3.05, 3.63) is 65.7 Å². The van der Waals surface area contributed by atoms with Crippen LogP contribution >= 0.6 is 7.60 Å². The van der Waals surface area contributed by atoms with Crippen LogP contribution in [0.15, 0.2) is 54.6 Å². The number of ether oxygens (including phenoxy) is 1. The molecular weight excluding hydrogens is 335 g/mol. The smallest absolute Gasteiger partial charge is 0.333 e. The summed E-state index contributed by atoms with van der Waals surface area (Å²) >= 11 is 0. The second-order valence-electron chi connectivity index (χ2n) is 5.85. The number of rotatable bonds is 10. The zero-order chi connectivity index (χ0) is 18.1. The average Bonchev–Trinajstić information content (AvgIpc) is 2.61. The van der Waals surface area contributed by atoms with E-state index in [1.807, 2.05) is 75.4 Å². The quantitative estimate of drug-likeness (QED) is 0.526. The van der Waals surface area contributed by atoms with Gasteiger partial charge < -0.3 is 13.8 Å². The third kappa shape index (κ3) is 6.00. The van der Waals surface area contributed by atoms with Crippen molar-refractivity contribution in [3.8, 4) is 5.75 Å². The van der Waals surface area contributed by atoms with Gasteiger partial charge in [-0.2, -0.15) is 0 Å². The standard InChI is InChI=1S/C20H27O4P/c1-4-23-25(21,24-5-2)17(3)14-19-12-9-13-20(15-19)22-16-18-10-7-6-8-11-18/h6-13,15,17H,4-5,14,16H2,1-3H3. The van der Waals surface area contributed by atoms with Crippen LogP contribution in [0.1, 0.15) is 31.9 Å². The van der Waals surface area contributed by atoms with Gasteiger partial charge in [0, 0.05) is 0 Å². The van der Waals surface area contributed by atoms with Crippen molar-refractivity contribution >= 4 is 7.60 Å². The molecule has 0 aliphatic carbocycles. The molecule has 0 N–H and O–H groups in total. The lowest BCUT2D eigenvalue weighted by Gasteiger charge is -2.23. The Morgan fingerprint density at radius 3 is 2.20 bits per heavy atom. The minimum Gasteiger partial charge on any atom is -0.489 e. The molecule has 0 radical (unpaired) electrons. The highest BCUT2D eigenvalue weighted by atomic mass is 31.2. The van der Waals surface area contributed by atoms with Gasteiger partial charge in [0.25, 0.3) is 0 Å². The second kappa shape index (κ2) is 9.76. The topological polar surface area (TPSA) is 44.8 Å². The molecule has 0 amide bonds. The first-order valence-corrected chi connectivity index (χ1v) is 10.3. The van der Waals surface area contributed by atoms with Crippen molar-refractivity contribution in [2.24, 2.45) is 0 Å². The van der Waals surface area contributed by atoms with Crippen molar-refractivity contribution in [1.82, 2.24) is 0 Å². The molecule has 0 saturated carbocycles. The van der Waals surface area contributed by atoms with Gasteiger partial charge >= 0.3 is 7.60 Å². The van der Waals surface area contributed by atoms with E-state index in [0.717, 1.165) is 16.9 Å². The highest BCUT2D eigenvalue weighted by Gasteiger charge is 2.31. The first kappa shape index (κ1) is 19.7. The van der Waals surface area contributed by atoms with Crippen LogP contribution in [0.4, 0.5) is 0 Å². The first-order chi connectivity index (χ1) is 12.1. The van der Waals surface area contributed by atoms with Gasteiger partial charge in [0.1, 0.15) is 12.4 Å². The van der Waals surface area contributed by atoms with Crippen LogP contribution in [0.2, 0.25) is 0 Å². The SMILES string of the molecule is CCOP(=O)(OCC)C(C)Cc1cccc(OCc2ccccc2)c1. The predicted molar refractivity (Wildman–Crippen MR) is 101 cm³/mol. The minimum absolute atomic E-state index is 0.211. The fourth-order valence-electron chi connectivity index (χ4n) is 2.61. The van der Waals surface area contributed by atoms with E-state index in [-0.39, 0.29) is 5.66 Å². The zero-order valence-electron chi connectivity index (χ0n) is 15.2. The summed E-state index contributed by atoms with van der Waals surface area (Å²) < 4.78 is 29.6. The summed E-state index contributed by atoms with van der Waals surface area (Å²) in [5, 5.41) is 0. The monoisotopic (exact) mass is 362 g/mol. The molecule has 25 heavy (non-hydrogen) atoms. The van der Waals surface area contributed by atoms with Gasteiger partial charge in [-0.25, -0.2) is 0 Å². The fraction of sp³-hybridized carbons (Fsp3) is 0.400. The van der Waals surface area contributed by atoms with Crippen molar-refractivity contribution in [2.45, 2.75) is 39.5 Å². The molecule has 0 aliphatic rings. The van der Waals surface area contributed by atoms with E-state index in [1.54, 1.807) is 0 Å². The molecule has 0 saturated heterocycles. The van der Waals surface area contributed by atoms with Crippen molar-refractivity contribution in [3.63, 3.8) is 0 Å². The maximum absolute atomic E-state index is 12.8. The lowest BCUT2D eigenvalue weighted by molar-refractivity contribution is 0.213. The molecule has 1 unspecified atom stereocenters. The van der Waals surface area contributed by atoms with Crippen molar-refractivity contribution in [2.75, 3.05) is 13.2 Å². The normalized spacial score (nSPS) is 12.8. The summed E-state index contributed by atoms with van der Waals surface area (Å²) in [7, 11) is -3.09. The molecular formula is C20H27O4P. The summed E-state index contributed by atoms with van der Waals surface area (Å²) in [6.45, 7) is 6.84. The molecule has 0 spiro atoms. The first-order valence-electron chi connectivity index (χ1n) is 8.72. The van der Waals surface area contributed by atoms with Gasteiger partial charge in [-0.05, 0) is 43.5 Å². The fourth-order valence-corrected chi connectivity index (χ4v) is 4.35. The summed E-state index contributed by atoms with van der Waals surface area (Å²) in [4.78, 5) is 0. The maximum Gasteiger partial charge on any atom is 0.333 e. The molecule has 2 aromatic carbocycles. The molecule has 2 aromatic rings. The zero-order valence-corrected chi connectivity index (χ0v) is 16.1. The Kier molecular flexibility index (Phi) is 7.70. The molecule has 4 nitrogen and oxygen atoms in total. The number of benzene rings is 2. The minimum atomic E-state index is -3.09. The van der Waals surface area contributed by atoms with Crippen LogP contribution in [0.25, 0.3) is 0 Å². The lowest BCUT2D eigenvalue weighted by Crippen LogP contribution is -2.12. The largest absolute Gasteiger partial charge is 0.489 e. The van der Waals surface area contributed by atoms with Gasteiger partial charge in [0.05, 0.1) is 18.9 Å². The van der Waals surface area contributed by atoms with Gasteiger partial charge in [0.2, 0.25) is 0 Å². The summed E-state index contributed by atoms with van der Waals surface area (Å²) in [5.41, 5.74) is 1.97. The molecule has 136 valence electrons. The summed E-state index contributed by atoms with van der Waals surface area (Å²) in [6, 6.07) is 17.9. The summed E-state index contributed by atoms with van der Waals surface area (Å²) in [6.07, 6.45) is 0.611. The van der Waals surface area contributed by atoms with E-state index in [1.165, 1.54) is 0 Å². The highest BCUT2D eigenvalue weighted by Crippen LogP contribution is 2.53. The predicted octanol–water partition coefficient (Wildman–Crippen LogP) is 5.46. The molecule has 5 heteroatoms. The van der Waals surface area contributed by atoms with Crippen molar-refractivity contribution < 1.29 is 18.3 Å². The number of hydrogen-bond donors (Lipinski definition) is 0. The Bertz CT molecular complexity index is 677. The van der Waals surface area contributed by atoms with Crippen LogP contribution in [-0.4, -0.2) is 18.9 Å². The van der Waals surface area contributed by atoms with Gasteiger partial charge in [0.15, 0.2) is 0 Å². The maximum atomic E-state index is 12.8. The van der Waals surface area contributed by atoms with Crippen LogP contribution in [0.5, 0.6) is 5.75 Å². The summed E-state index contributed by atoms with van der Waals surface area (Å²) in [5.74, 6) is 0.802.